The first-order valence-corrected chi connectivity index (χ1v) is 19.0. The minimum Gasteiger partial charge on any atom is -0.489 e. The van der Waals surface area contributed by atoms with Crippen molar-refractivity contribution >= 4 is 45.6 Å². The van der Waals surface area contributed by atoms with Gasteiger partial charge in [0, 0.05) is 23.9 Å². The first-order chi connectivity index (χ1) is 21.0. The van der Waals surface area contributed by atoms with Crippen LogP contribution in [-0.2, 0) is 26.3 Å². The Bertz CT molecular complexity index is 1880. The fourth-order valence-electron chi connectivity index (χ4n) is 6.25. The third kappa shape index (κ3) is 6.60. The van der Waals surface area contributed by atoms with Crippen LogP contribution in [0.1, 0.15) is 22.3 Å². The minimum atomic E-state index is -1.58. The van der Waals surface area contributed by atoms with Crippen LogP contribution in [0.2, 0.25) is 19.6 Å². The minimum absolute atomic E-state index is 0.514. The van der Waals surface area contributed by atoms with Crippen molar-refractivity contribution in [2.45, 2.75) is 45.9 Å². The lowest BCUT2D eigenvalue weighted by Crippen LogP contribution is -2.38. The monoisotopic (exact) mass is 600 g/mol. The van der Waals surface area contributed by atoms with Crippen LogP contribution in [0.5, 0.6) is 11.5 Å². The van der Waals surface area contributed by atoms with Crippen molar-refractivity contribution in [3.63, 3.8) is 0 Å². The second kappa shape index (κ2) is 12.2. The summed E-state index contributed by atoms with van der Waals surface area (Å²) in [6.45, 7) is 10.0. The van der Waals surface area contributed by atoms with E-state index in [1.54, 1.807) is 0 Å². The molecule has 5 heteroatoms. The fourth-order valence-corrected chi connectivity index (χ4v) is 7.49. The predicted octanol–water partition coefficient (Wildman–Crippen LogP) is 8.41. The molecule has 0 saturated carbocycles. The lowest BCUT2D eigenvalue weighted by Gasteiger charge is -2.21. The molecule has 6 rings (SSSR count). The number of hydrogen-bond donors (Lipinski definition) is 0. The molecule has 6 aromatic rings. The van der Waals surface area contributed by atoms with Crippen LogP contribution in [0.3, 0.4) is 0 Å². The van der Waals surface area contributed by atoms with E-state index < -0.39 is 8.07 Å². The van der Waals surface area contributed by atoms with Gasteiger partial charge in [-0.05, 0) is 102 Å². The molecule has 0 aliphatic rings. The Morgan fingerprint density at radius 3 is 1.66 bits per heavy atom. The molecule has 0 N–H and O–H groups in total. The number of nitrogens with zero attached hydrogens (tertiary/aromatic N) is 2. The third-order valence-corrected chi connectivity index (χ3v) is 10.3. The summed E-state index contributed by atoms with van der Waals surface area (Å²) in [5.41, 5.74) is 4.90. The summed E-state index contributed by atoms with van der Waals surface area (Å²) < 4.78 is 13.1. The lowest BCUT2D eigenvalue weighted by atomic mass is 9.94. The van der Waals surface area contributed by atoms with Gasteiger partial charge >= 0.3 is 0 Å². The highest BCUT2D eigenvalue weighted by atomic mass is 28.3. The SMILES string of the molecule is CN(C)Cc1cc(CN(C)C)cc(OCc2cc(COc3ccc4ccc5cccc6ccc3c4c56)cc([Si](C)(C)C)c2)c1. The summed E-state index contributed by atoms with van der Waals surface area (Å²) in [6.07, 6.45) is 0. The molecule has 4 nitrogen and oxygen atoms in total. The maximum absolute atomic E-state index is 6.61. The molecule has 0 radical (unpaired) electrons. The van der Waals surface area contributed by atoms with E-state index in [4.69, 9.17) is 9.47 Å². The van der Waals surface area contributed by atoms with E-state index in [0.717, 1.165) is 24.6 Å². The summed E-state index contributed by atoms with van der Waals surface area (Å²) in [6, 6.07) is 33.3. The van der Waals surface area contributed by atoms with Gasteiger partial charge in [-0.2, -0.15) is 0 Å². The maximum Gasteiger partial charge on any atom is 0.127 e. The van der Waals surface area contributed by atoms with E-state index in [9.17, 15) is 0 Å². The van der Waals surface area contributed by atoms with E-state index in [0.29, 0.717) is 13.2 Å². The van der Waals surface area contributed by atoms with Gasteiger partial charge in [0.15, 0.2) is 0 Å². The van der Waals surface area contributed by atoms with Crippen molar-refractivity contribution in [3.05, 3.63) is 113 Å². The van der Waals surface area contributed by atoms with E-state index in [1.807, 2.05) is 0 Å². The van der Waals surface area contributed by atoms with Crippen molar-refractivity contribution in [2.75, 3.05) is 28.2 Å². The number of benzene rings is 6. The molecule has 0 aliphatic carbocycles. The second-order valence-corrected chi connectivity index (χ2v) is 18.8. The van der Waals surface area contributed by atoms with Crippen molar-refractivity contribution in [3.8, 4) is 11.5 Å². The summed E-state index contributed by atoms with van der Waals surface area (Å²) in [5.74, 6) is 1.85. The number of hydrogen-bond acceptors (Lipinski definition) is 4. The molecule has 0 amide bonds. The molecule has 0 saturated heterocycles. The molecule has 0 bridgehead atoms. The Balaban J connectivity index is 1.27. The van der Waals surface area contributed by atoms with Crippen LogP contribution < -0.4 is 14.7 Å². The molecule has 0 atom stereocenters. The molecular formula is C39H44N2O2Si. The Kier molecular flexibility index (Phi) is 8.38. The van der Waals surface area contributed by atoms with Gasteiger partial charge in [0.25, 0.3) is 0 Å². The van der Waals surface area contributed by atoms with Gasteiger partial charge in [-0.15, -0.1) is 0 Å². The molecule has 0 fully saturated rings. The molecule has 0 heterocycles. The molecule has 6 aromatic carbocycles. The fraction of sp³-hybridized carbons (Fsp3) is 0.282. The van der Waals surface area contributed by atoms with E-state index in [2.05, 4.69) is 149 Å². The summed E-state index contributed by atoms with van der Waals surface area (Å²) >= 11 is 0. The largest absolute Gasteiger partial charge is 0.489 e. The summed E-state index contributed by atoms with van der Waals surface area (Å²) in [5, 5.41) is 8.98. The van der Waals surface area contributed by atoms with Crippen molar-refractivity contribution in [2.24, 2.45) is 0 Å². The molecule has 0 aromatic heterocycles. The third-order valence-electron chi connectivity index (χ3n) is 8.23. The van der Waals surface area contributed by atoms with Crippen LogP contribution in [-0.4, -0.2) is 46.1 Å². The highest BCUT2D eigenvalue weighted by molar-refractivity contribution is 6.88. The summed E-state index contributed by atoms with van der Waals surface area (Å²) in [7, 11) is 6.84. The van der Waals surface area contributed by atoms with Crippen LogP contribution in [0.4, 0.5) is 0 Å². The predicted molar refractivity (Wildman–Crippen MR) is 189 cm³/mol. The van der Waals surface area contributed by atoms with Gasteiger partial charge in [-0.3, -0.25) is 0 Å². The van der Waals surface area contributed by atoms with Crippen molar-refractivity contribution in [1.82, 2.24) is 9.80 Å². The normalized spacial score (nSPS) is 12.3. The highest BCUT2D eigenvalue weighted by Crippen LogP contribution is 2.38. The molecule has 226 valence electrons. The van der Waals surface area contributed by atoms with Gasteiger partial charge in [-0.25, -0.2) is 0 Å². The Labute approximate surface area is 263 Å². The molecule has 0 spiro atoms. The van der Waals surface area contributed by atoms with Gasteiger partial charge in [-0.1, -0.05) is 85.5 Å². The zero-order valence-corrected chi connectivity index (χ0v) is 28.2. The Morgan fingerprint density at radius 2 is 1.07 bits per heavy atom. The van der Waals surface area contributed by atoms with Crippen LogP contribution >= 0.6 is 0 Å². The molecule has 0 unspecified atom stereocenters. The van der Waals surface area contributed by atoms with E-state index >= 15 is 0 Å². The van der Waals surface area contributed by atoms with Crippen LogP contribution in [0.25, 0.3) is 32.3 Å². The van der Waals surface area contributed by atoms with Crippen LogP contribution in [0, 0.1) is 0 Å². The van der Waals surface area contributed by atoms with E-state index in [1.165, 1.54) is 59.8 Å². The zero-order chi connectivity index (χ0) is 31.0. The standard InChI is InChI=1S/C39H44N2O2Si/c1-40(2)23-27-17-28(24-41(3)4)20-34(19-27)42-25-29-18-30(22-35(21-29)44(5,6)7)26-43-37-16-14-33-12-11-31-9-8-10-32-13-15-36(37)39(33)38(31)32/h8-22H,23-26H2,1-7H3. The lowest BCUT2D eigenvalue weighted by molar-refractivity contribution is 0.300. The highest BCUT2D eigenvalue weighted by Gasteiger charge is 2.19. The average Bonchev–Trinajstić information content (AvgIpc) is 2.97. The quantitative estimate of drug-likeness (QED) is 0.110. The van der Waals surface area contributed by atoms with Crippen molar-refractivity contribution in [1.29, 1.82) is 0 Å². The molecule has 0 aliphatic heterocycles. The first kappa shape index (κ1) is 30.1. The van der Waals surface area contributed by atoms with Crippen molar-refractivity contribution < 1.29 is 9.47 Å². The first-order valence-electron chi connectivity index (χ1n) is 15.5. The average molecular weight is 601 g/mol. The molecule has 44 heavy (non-hydrogen) atoms. The number of ether oxygens (including phenoxy) is 2. The van der Waals surface area contributed by atoms with Crippen LogP contribution in [0.15, 0.2) is 91.0 Å². The smallest absolute Gasteiger partial charge is 0.127 e. The van der Waals surface area contributed by atoms with Gasteiger partial charge in [0.1, 0.15) is 24.7 Å². The Morgan fingerprint density at radius 1 is 0.545 bits per heavy atom. The van der Waals surface area contributed by atoms with Gasteiger partial charge in [0.05, 0.1) is 8.07 Å². The number of rotatable bonds is 11. The second-order valence-electron chi connectivity index (χ2n) is 13.7. The van der Waals surface area contributed by atoms with E-state index in [-0.39, 0.29) is 0 Å². The zero-order valence-electron chi connectivity index (χ0n) is 27.2. The van der Waals surface area contributed by atoms with Gasteiger partial charge in [0.2, 0.25) is 0 Å². The van der Waals surface area contributed by atoms with Gasteiger partial charge < -0.3 is 19.3 Å². The molecular weight excluding hydrogens is 557 g/mol. The summed E-state index contributed by atoms with van der Waals surface area (Å²) in [4.78, 5) is 4.40. The maximum atomic E-state index is 6.61. The topological polar surface area (TPSA) is 24.9 Å². The Hall–Kier alpha value is -3.90.